The Kier molecular flexibility index (Phi) is 5.28. The Morgan fingerprint density at radius 2 is 2.17 bits per heavy atom. The summed E-state index contributed by atoms with van der Waals surface area (Å²) in [5.74, 6) is -0.0308. The van der Waals surface area contributed by atoms with Crippen molar-refractivity contribution in [2.24, 2.45) is 11.8 Å². The van der Waals surface area contributed by atoms with Crippen LogP contribution in [0.3, 0.4) is 0 Å². The van der Waals surface area contributed by atoms with Gasteiger partial charge in [0.2, 0.25) is 12.7 Å². The number of hydrogen-bond acceptors (Lipinski definition) is 3. The van der Waals surface area contributed by atoms with Crippen LogP contribution >= 0.6 is 0 Å². The van der Waals surface area contributed by atoms with Crippen molar-refractivity contribution < 1.29 is 14.8 Å². The van der Waals surface area contributed by atoms with Crippen LogP contribution < -0.4 is 0 Å². The molecule has 0 fully saturated rings. The van der Waals surface area contributed by atoms with Gasteiger partial charge in [-0.15, -0.1) is 0 Å². The average molecular weight is 172 g/mol. The van der Waals surface area contributed by atoms with Crippen LogP contribution in [0, 0.1) is 11.8 Å². The Balaban J connectivity index is 3.82. The van der Waals surface area contributed by atoms with Crippen LogP contribution in [0.4, 0.5) is 0 Å². The van der Waals surface area contributed by atoms with Gasteiger partial charge >= 0.3 is 0 Å². The third kappa shape index (κ3) is 4.85. The van der Waals surface area contributed by atoms with Crippen molar-refractivity contribution in [3.63, 3.8) is 0 Å². The first-order valence-electron chi connectivity index (χ1n) is 3.88. The van der Waals surface area contributed by atoms with Gasteiger partial charge in [-0.2, -0.15) is 0 Å². The smallest absolute Gasteiger partial charge is 0.233 e. The van der Waals surface area contributed by atoms with E-state index in [0.29, 0.717) is 17.4 Å². The fraction of sp³-hybridized carbons (Fsp3) is 0.750. The van der Waals surface area contributed by atoms with Gasteiger partial charge in [-0.1, -0.05) is 13.8 Å². The number of carbonyl (C=O) groups is 1. The van der Waals surface area contributed by atoms with E-state index in [2.05, 4.69) is 0 Å². The molecule has 1 unspecified atom stereocenters. The third-order valence-corrected chi connectivity index (χ3v) is 1.45. The first kappa shape index (κ1) is 11.1. The summed E-state index contributed by atoms with van der Waals surface area (Å²) in [5, 5.41) is 9.23. The van der Waals surface area contributed by atoms with Gasteiger partial charge in [-0.3, -0.25) is 14.8 Å². The summed E-state index contributed by atoms with van der Waals surface area (Å²) in [6, 6.07) is 0. The lowest BCUT2D eigenvalue weighted by molar-refractivity contribution is -0.151. The quantitative estimate of drug-likeness (QED) is 0.362. The van der Waals surface area contributed by atoms with Gasteiger partial charge in [-0.05, 0) is 12.3 Å². The van der Waals surface area contributed by atoms with E-state index >= 15 is 0 Å². The molecule has 0 rings (SSSR count). The standard InChI is InChI=1S/C8H14NO3/c1-7(2)3-8(5-10)4-9(12)6-11/h6-8,12H,3-4H2,1-2H3. The molecule has 0 aliphatic carbocycles. The van der Waals surface area contributed by atoms with Crippen molar-refractivity contribution in [2.75, 3.05) is 6.54 Å². The second kappa shape index (κ2) is 5.71. The SMILES string of the molecule is CC(C)CC([C]=O)CN(O)C=O. The molecule has 0 spiro atoms. The number of nitrogens with zero attached hydrogens (tertiary/aromatic N) is 1. The lowest BCUT2D eigenvalue weighted by atomic mass is 9.98. The summed E-state index contributed by atoms with van der Waals surface area (Å²) in [4.78, 5) is 20.3. The van der Waals surface area contributed by atoms with Gasteiger partial charge in [0.05, 0.1) is 6.54 Å². The Morgan fingerprint density at radius 3 is 2.50 bits per heavy atom. The van der Waals surface area contributed by atoms with Gasteiger partial charge in [0.15, 0.2) is 0 Å². The molecule has 0 aromatic heterocycles. The highest BCUT2D eigenvalue weighted by Crippen LogP contribution is 2.09. The molecule has 0 aromatic rings. The monoisotopic (exact) mass is 172 g/mol. The summed E-state index contributed by atoms with van der Waals surface area (Å²) in [7, 11) is 0. The largest absolute Gasteiger partial charge is 0.290 e. The van der Waals surface area contributed by atoms with Crippen molar-refractivity contribution in [1.82, 2.24) is 5.06 Å². The molecule has 0 aliphatic heterocycles. The molecule has 1 atom stereocenters. The maximum atomic E-state index is 10.3. The molecule has 4 nitrogen and oxygen atoms in total. The lowest BCUT2D eigenvalue weighted by Gasteiger charge is -2.15. The number of hydrogen-bond donors (Lipinski definition) is 1. The molecule has 0 aliphatic rings. The Hall–Kier alpha value is -0.900. The zero-order valence-electron chi connectivity index (χ0n) is 7.36. The first-order valence-corrected chi connectivity index (χ1v) is 3.88. The van der Waals surface area contributed by atoms with E-state index in [0.717, 1.165) is 0 Å². The second-order valence-corrected chi connectivity index (χ2v) is 3.17. The molecule has 4 heteroatoms. The number of rotatable bonds is 6. The molecule has 0 bridgehead atoms. The number of carbonyl (C=O) groups excluding carboxylic acids is 2. The van der Waals surface area contributed by atoms with Crippen LogP contribution in [-0.4, -0.2) is 29.5 Å². The Morgan fingerprint density at radius 1 is 1.58 bits per heavy atom. The van der Waals surface area contributed by atoms with Crippen LogP contribution in [0.15, 0.2) is 0 Å². The van der Waals surface area contributed by atoms with Gasteiger partial charge in [0.25, 0.3) is 0 Å². The molecule has 0 aromatic carbocycles. The first-order chi connectivity index (χ1) is 5.60. The van der Waals surface area contributed by atoms with E-state index in [1.54, 1.807) is 6.29 Å². The minimum absolute atomic E-state index is 0.0329. The second-order valence-electron chi connectivity index (χ2n) is 3.17. The van der Waals surface area contributed by atoms with E-state index in [1.807, 2.05) is 13.8 Å². The molecule has 1 amide bonds. The molecule has 1 radical (unpaired) electrons. The summed E-state index contributed by atoms with van der Waals surface area (Å²) in [6.45, 7) is 3.96. The minimum Gasteiger partial charge on any atom is -0.290 e. The van der Waals surface area contributed by atoms with Crippen molar-refractivity contribution in [2.45, 2.75) is 20.3 Å². The van der Waals surface area contributed by atoms with Crippen molar-refractivity contribution in [3.8, 4) is 0 Å². The molecule has 1 N–H and O–H groups in total. The summed E-state index contributed by atoms with van der Waals surface area (Å²) in [5.41, 5.74) is 0. The van der Waals surface area contributed by atoms with Crippen molar-refractivity contribution in [3.05, 3.63) is 0 Å². The molecule has 0 heterocycles. The molecule has 12 heavy (non-hydrogen) atoms. The molecular formula is C8H14NO3. The van der Waals surface area contributed by atoms with E-state index in [4.69, 9.17) is 5.21 Å². The van der Waals surface area contributed by atoms with Crippen LogP contribution in [0.5, 0.6) is 0 Å². The van der Waals surface area contributed by atoms with Crippen LogP contribution in [-0.2, 0) is 9.59 Å². The lowest BCUT2D eigenvalue weighted by Crippen LogP contribution is -2.26. The molecule has 0 saturated carbocycles. The highest BCUT2D eigenvalue weighted by Gasteiger charge is 2.13. The predicted molar refractivity (Wildman–Crippen MR) is 43.2 cm³/mol. The number of amides is 1. The van der Waals surface area contributed by atoms with Crippen molar-refractivity contribution >= 4 is 12.7 Å². The predicted octanol–water partition coefficient (Wildman–Crippen LogP) is 0.606. The third-order valence-electron chi connectivity index (χ3n) is 1.45. The Bertz CT molecular complexity index is 147. The Labute approximate surface area is 72.1 Å². The zero-order valence-corrected chi connectivity index (χ0v) is 7.36. The zero-order chi connectivity index (χ0) is 9.56. The highest BCUT2D eigenvalue weighted by atomic mass is 16.5. The van der Waals surface area contributed by atoms with Crippen LogP contribution in [0.1, 0.15) is 20.3 Å². The van der Waals surface area contributed by atoms with Crippen molar-refractivity contribution in [1.29, 1.82) is 0 Å². The molecule has 69 valence electrons. The maximum absolute atomic E-state index is 10.3. The topological polar surface area (TPSA) is 57.6 Å². The summed E-state index contributed by atoms with van der Waals surface area (Å²) >= 11 is 0. The van der Waals surface area contributed by atoms with E-state index in [9.17, 15) is 9.59 Å². The fourth-order valence-electron chi connectivity index (χ4n) is 0.998. The van der Waals surface area contributed by atoms with Crippen LogP contribution in [0.25, 0.3) is 0 Å². The fourth-order valence-corrected chi connectivity index (χ4v) is 0.998. The van der Waals surface area contributed by atoms with Crippen LogP contribution in [0.2, 0.25) is 0 Å². The normalized spacial score (nSPS) is 12.7. The average Bonchev–Trinajstić information content (AvgIpc) is 2.02. The van der Waals surface area contributed by atoms with Gasteiger partial charge < -0.3 is 0 Å². The van der Waals surface area contributed by atoms with E-state index in [-0.39, 0.29) is 18.9 Å². The van der Waals surface area contributed by atoms with E-state index in [1.165, 1.54) is 0 Å². The van der Waals surface area contributed by atoms with Gasteiger partial charge in [-0.25, -0.2) is 5.06 Å². The molecule has 0 saturated heterocycles. The minimum atomic E-state index is -0.389. The maximum Gasteiger partial charge on any atom is 0.233 e. The number of hydroxylamine groups is 2. The van der Waals surface area contributed by atoms with Gasteiger partial charge in [0, 0.05) is 5.92 Å². The highest BCUT2D eigenvalue weighted by molar-refractivity contribution is 5.56. The summed E-state index contributed by atoms with van der Waals surface area (Å²) in [6.07, 6.45) is 2.70. The van der Waals surface area contributed by atoms with Gasteiger partial charge in [0.1, 0.15) is 0 Å². The van der Waals surface area contributed by atoms with E-state index < -0.39 is 0 Å². The summed E-state index contributed by atoms with van der Waals surface area (Å²) < 4.78 is 0. The molecular weight excluding hydrogens is 158 g/mol.